The van der Waals surface area contributed by atoms with E-state index in [9.17, 15) is 9.90 Å². The van der Waals surface area contributed by atoms with E-state index in [1.165, 1.54) is 6.42 Å². The topological polar surface area (TPSA) is 62.2 Å². The summed E-state index contributed by atoms with van der Waals surface area (Å²) in [6.07, 6.45) is 6.53. The maximum Gasteiger partial charge on any atom is 0.409 e. The molecule has 6 nitrogen and oxygen atoms in total. The zero-order valence-corrected chi connectivity index (χ0v) is 22.8. The van der Waals surface area contributed by atoms with Crippen LogP contribution in [0.25, 0.3) is 0 Å². The van der Waals surface area contributed by atoms with Gasteiger partial charge in [-0.25, -0.2) is 4.79 Å². The smallest absolute Gasteiger partial charge is 0.409 e. The second-order valence-electron chi connectivity index (χ2n) is 10.4. The highest BCUT2D eigenvalue weighted by atomic mass is 35.5. The van der Waals surface area contributed by atoms with E-state index in [1.807, 2.05) is 42.5 Å². The zero-order chi connectivity index (χ0) is 26.1. The normalized spacial score (nSPS) is 18.8. The molecule has 2 aromatic rings. The van der Waals surface area contributed by atoms with Gasteiger partial charge in [0.25, 0.3) is 0 Å². The van der Waals surface area contributed by atoms with Gasteiger partial charge in [-0.2, -0.15) is 0 Å². The van der Waals surface area contributed by atoms with Crippen LogP contribution in [-0.2, 0) is 11.3 Å². The highest BCUT2D eigenvalue weighted by Crippen LogP contribution is 2.42. The predicted octanol–water partition coefficient (Wildman–Crippen LogP) is 6.25. The Morgan fingerprint density at radius 3 is 2.46 bits per heavy atom. The van der Waals surface area contributed by atoms with Crippen molar-refractivity contribution in [3.05, 3.63) is 64.7 Å². The number of unbranched alkanes of at least 4 members (excludes halogenated alkanes) is 1. The Morgan fingerprint density at radius 2 is 1.78 bits per heavy atom. The van der Waals surface area contributed by atoms with Gasteiger partial charge in [0.05, 0.1) is 17.2 Å². The molecule has 202 valence electrons. The van der Waals surface area contributed by atoms with E-state index in [0.29, 0.717) is 37.1 Å². The van der Waals surface area contributed by atoms with Gasteiger partial charge < -0.3 is 19.5 Å². The maximum atomic E-state index is 12.4. The fourth-order valence-corrected chi connectivity index (χ4v) is 5.69. The highest BCUT2D eigenvalue weighted by molar-refractivity contribution is 6.32. The average molecular weight is 529 g/mol. The SMILES string of the molecule is CCCCOC(=O)N1CCN(CC(c2ccc(OCc3ccccc3)c(Cl)c2)C2(O)CCCCC2)CC1. The number of piperazine rings is 1. The van der Waals surface area contributed by atoms with Crippen molar-refractivity contribution in [3.8, 4) is 5.75 Å². The van der Waals surface area contributed by atoms with Crippen molar-refractivity contribution in [2.75, 3.05) is 39.3 Å². The van der Waals surface area contributed by atoms with Gasteiger partial charge in [-0.1, -0.05) is 80.6 Å². The quantitative estimate of drug-likeness (QED) is 0.369. The van der Waals surface area contributed by atoms with Crippen molar-refractivity contribution in [1.82, 2.24) is 9.80 Å². The molecule has 7 heteroatoms. The van der Waals surface area contributed by atoms with Gasteiger partial charge in [0.1, 0.15) is 12.4 Å². The minimum absolute atomic E-state index is 0.0588. The van der Waals surface area contributed by atoms with Crippen LogP contribution in [-0.4, -0.2) is 65.9 Å². The van der Waals surface area contributed by atoms with Crippen molar-refractivity contribution in [2.24, 2.45) is 0 Å². The number of benzene rings is 2. The fourth-order valence-electron chi connectivity index (χ4n) is 5.45. The molecule has 1 aliphatic carbocycles. The van der Waals surface area contributed by atoms with Crippen LogP contribution in [0.15, 0.2) is 48.5 Å². The van der Waals surface area contributed by atoms with Crippen LogP contribution in [0.2, 0.25) is 5.02 Å². The molecule has 4 rings (SSSR count). The van der Waals surface area contributed by atoms with Crippen molar-refractivity contribution >= 4 is 17.7 Å². The number of rotatable bonds is 10. The molecule has 1 unspecified atom stereocenters. The van der Waals surface area contributed by atoms with E-state index in [2.05, 4.69) is 17.9 Å². The van der Waals surface area contributed by atoms with E-state index in [-0.39, 0.29) is 12.0 Å². The summed E-state index contributed by atoms with van der Waals surface area (Å²) >= 11 is 6.69. The van der Waals surface area contributed by atoms with Crippen LogP contribution in [0, 0.1) is 0 Å². The lowest BCUT2D eigenvalue weighted by Crippen LogP contribution is -2.52. The minimum Gasteiger partial charge on any atom is -0.487 e. The fraction of sp³-hybridized carbons (Fsp3) is 0.567. The van der Waals surface area contributed by atoms with E-state index >= 15 is 0 Å². The molecule has 37 heavy (non-hydrogen) atoms. The summed E-state index contributed by atoms with van der Waals surface area (Å²) in [7, 11) is 0. The number of carbonyl (C=O) groups is 1. The first-order valence-electron chi connectivity index (χ1n) is 13.8. The van der Waals surface area contributed by atoms with Crippen LogP contribution in [0.4, 0.5) is 4.79 Å². The second-order valence-corrected chi connectivity index (χ2v) is 10.8. The molecule has 1 saturated heterocycles. The van der Waals surface area contributed by atoms with Crippen molar-refractivity contribution < 1.29 is 19.4 Å². The molecule has 0 radical (unpaired) electrons. The molecule has 1 aliphatic heterocycles. The summed E-state index contributed by atoms with van der Waals surface area (Å²) < 4.78 is 11.4. The Labute approximate surface area is 226 Å². The molecule has 1 atom stereocenters. The Kier molecular flexibility index (Phi) is 10.1. The average Bonchev–Trinajstić information content (AvgIpc) is 2.92. The van der Waals surface area contributed by atoms with Crippen LogP contribution in [0.5, 0.6) is 5.75 Å². The van der Waals surface area contributed by atoms with Gasteiger partial charge in [0, 0.05) is 38.6 Å². The molecule has 0 aromatic heterocycles. The number of aliphatic hydroxyl groups is 1. The summed E-state index contributed by atoms with van der Waals surface area (Å²) in [5.74, 6) is 0.593. The Bertz CT molecular complexity index is 988. The van der Waals surface area contributed by atoms with Gasteiger partial charge in [0.2, 0.25) is 0 Å². The molecule has 1 saturated carbocycles. The van der Waals surface area contributed by atoms with Crippen LogP contribution >= 0.6 is 11.6 Å². The van der Waals surface area contributed by atoms with E-state index in [1.54, 1.807) is 4.90 Å². The lowest BCUT2D eigenvalue weighted by Gasteiger charge is -2.43. The largest absolute Gasteiger partial charge is 0.487 e. The number of hydrogen-bond donors (Lipinski definition) is 1. The second kappa shape index (κ2) is 13.5. The Balaban J connectivity index is 1.42. The molecule has 2 aliphatic rings. The summed E-state index contributed by atoms with van der Waals surface area (Å²) in [6, 6.07) is 16.0. The molecule has 1 amide bonds. The van der Waals surface area contributed by atoms with E-state index in [4.69, 9.17) is 21.1 Å². The first-order valence-corrected chi connectivity index (χ1v) is 14.2. The molecule has 2 fully saturated rings. The molecular weight excluding hydrogens is 488 g/mol. The molecule has 2 aromatic carbocycles. The lowest BCUT2D eigenvalue weighted by atomic mass is 9.72. The predicted molar refractivity (Wildman–Crippen MR) is 147 cm³/mol. The summed E-state index contributed by atoms with van der Waals surface area (Å²) in [4.78, 5) is 16.5. The first-order chi connectivity index (χ1) is 18.0. The number of nitrogens with zero attached hydrogens (tertiary/aromatic N) is 2. The van der Waals surface area contributed by atoms with Crippen LogP contribution in [0.1, 0.15) is 68.9 Å². The number of ether oxygens (including phenoxy) is 2. The lowest BCUT2D eigenvalue weighted by molar-refractivity contribution is -0.0342. The van der Waals surface area contributed by atoms with Crippen LogP contribution < -0.4 is 4.74 Å². The third kappa shape index (κ3) is 7.62. The number of hydrogen-bond acceptors (Lipinski definition) is 5. The third-order valence-corrected chi connectivity index (χ3v) is 8.05. The number of halogens is 1. The molecule has 0 bridgehead atoms. The highest BCUT2D eigenvalue weighted by Gasteiger charge is 2.40. The molecule has 0 spiro atoms. The Morgan fingerprint density at radius 1 is 1.05 bits per heavy atom. The molecular formula is C30H41ClN2O4. The van der Waals surface area contributed by atoms with Crippen LogP contribution in [0.3, 0.4) is 0 Å². The summed E-state index contributed by atoms with van der Waals surface area (Å²) in [6.45, 7) is 6.57. The monoisotopic (exact) mass is 528 g/mol. The van der Waals surface area contributed by atoms with E-state index in [0.717, 1.165) is 69.3 Å². The third-order valence-electron chi connectivity index (χ3n) is 7.76. The van der Waals surface area contributed by atoms with Gasteiger partial charge in [-0.05, 0) is 42.5 Å². The number of carbonyl (C=O) groups excluding carboxylic acids is 1. The Hall–Kier alpha value is -2.28. The van der Waals surface area contributed by atoms with Gasteiger partial charge in [-0.15, -0.1) is 0 Å². The zero-order valence-electron chi connectivity index (χ0n) is 22.0. The standard InChI is InChI=1S/C30H41ClN2O4/c1-2-3-20-36-29(34)33-18-16-32(17-19-33)22-26(30(35)14-8-5-9-15-30)25-12-13-28(27(31)21-25)37-23-24-10-6-4-7-11-24/h4,6-7,10-13,21,26,35H,2-3,5,8-9,14-20,22-23H2,1H3. The summed E-state index contributed by atoms with van der Waals surface area (Å²) in [5, 5.41) is 12.4. The van der Waals surface area contributed by atoms with Crippen molar-refractivity contribution in [1.29, 1.82) is 0 Å². The van der Waals surface area contributed by atoms with E-state index < -0.39 is 5.60 Å². The van der Waals surface area contributed by atoms with Gasteiger partial charge >= 0.3 is 6.09 Å². The van der Waals surface area contributed by atoms with Crippen molar-refractivity contribution in [2.45, 2.75) is 70.0 Å². The minimum atomic E-state index is -0.760. The first kappa shape index (κ1) is 27.7. The molecule has 1 N–H and O–H groups in total. The van der Waals surface area contributed by atoms with Gasteiger partial charge in [-0.3, -0.25) is 4.90 Å². The molecule has 1 heterocycles. The maximum absolute atomic E-state index is 12.4. The van der Waals surface area contributed by atoms with Gasteiger partial charge in [0.15, 0.2) is 0 Å². The summed E-state index contributed by atoms with van der Waals surface area (Å²) in [5.41, 5.74) is 1.37. The number of amides is 1. The van der Waals surface area contributed by atoms with Crippen molar-refractivity contribution in [3.63, 3.8) is 0 Å².